The fourth-order valence-corrected chi connectivity index (χ4v) is 1.45. The molecule has 6 nitrogen and oxygen atoms in total. The molecule has 0 fully saturated rings. The lowest BCUT2D eigenvalue weighted by molar-refractivity contribution is -0.145. The molecule has 6 heteroatoms. The van der Waals surface area contributed by atoms with Crippen LogP contribution in [-0.4, -0.2) is 37.0 Å². The van der Waals surface area contributed by atoms with Gasteiger partial charge in [0.15, 0.2) is 5.75 Å². The van der Waals surface area contributed by atoms with Crippen LogP contribution in [0.4, 0.5) is 0 Å². The van der Waals surface area contributed by atoms with Gasteiger partial charge in [0.05, 0.1) is 13.2 Å². The molecule has 1 aromatic rings. The minimum Gasteiger partial charge on any atom is -0.488 e. The lowest BCUT2D eigenvalue weighted by atomic mass is 10.4. The zero-order chi connectivity index (χ0) is 14.1. The normalized spacial score (nSPS) is 10.2. The molecule has 0 amide bonds. The Morgan fingerprint density at radius 2 is 2.05 bits per heavy atom. The van der Waals surface area contributed by atoms with Gasteiger partial charge in [0.2, 0.25) is 0 Å². The van der Waals surface area contributed by atoms with Crippen molar-refractivity contribution in [2.75, 3.05) is 26.4 Å². The van der Waals surface area contributed by atoms with E-state index in [9.17, 15) is 9.59 Å². The minimum absolute atomic E-state index is 0.133. The van der Waals surface area contributed by atoms with E-state index in [0.29, 0.717) is 19.8 Å². The first-order chi connectivity index (χ1) is 9.19. The summed E-state index contributed by atoms with van der Waals surface area (Å²) in [4.78, 5) is 23.4. The Balaban J connectivity index is 2.54. The molecular formula is C13H19NO5. The number of carbonyl (C=O) groups excluding carboxylic acids is 1. The molecule has 0 aliphatic carbocycles. The van der Waals surface area contributed by atoms with Crippen molar-refractivity contribution in [2.24, 2.45) is 0 Å². The maximum Gasteiger partial charge on any atom is 0.326 e. The third kappa shape index (κ3) is 5.13. The van der Waals surface area contributed by atoms with Crippen LogP contribution in [0.2, 0.25) is 0 Å². The van der Waals surface area contributed by atoms with Gasteiger partial charge in [-0.25, -0.2) is 0 Å². The number of carbonyl (C=O) groups is 1. The van der Waals surface area contributed by atoms with Crippen molar-refractivity contribution < 1.29 is 19.0 Å². The molecule has 0 aliphatic heterocycles. The third-order valence-electron chi connectivity index (χ3n) is 2.28. The SMILES string of the molecule is CCOCCOC(=O)Cn1cccc(OCC)c1=O. The molecule has 0 saturated heterocycles. The summed E-state index contributed by atoms with van der Waals surface area (Å²) < 4.78 is 16.4. The number of pyridine rings is 1. The van der Waals surface area contributed by atoms with Crippen molar-refractivity contribution in [3.8, 4) is 5.75 Å². The second-order valence-electron chi connectivity index (χ2n) is 3.66. The van der Waals surface area contributed by atoms with E-state index in [-0.39, 0.29) is 24.5 Å². The van der Waals surface area contributed by atoms with E-state index >= 15 is 0 Å². The number of rotatable bonds is 8. The molecule has 0 saturated carbocycles. The van der Waals surface area contributed by atoms with Gasteiger partial charge in [-0.1, -0.05) is 0 Å². The molecular weight excluding hydrogens is 250 g/mol. The Kier molecular flexibility index (Phi) is 6.67. The minimum atomic E-state index is -0.476. The molecule has 1 rings (SSSR count). The largest absolute Gasteiger partial charge is 0.488 e. The van der Waals surface area contributed by atoms with E-state index in [4.69, 9.17) is 14.2 Å². The molecule has 1 aromatic heterocycles. The molecule has 0 radical (unpaired) electrons. The maximum atomic E-state index is 11.9. The highest BCUT2D eigenvalue weighted by molar-refractivity contribution is 5.69. The molecule has 0 N–H and O–H groups in total. The van der Waals surface area contributed by atoms with Crippen LogP contribution in [-0.2, 0) is 20.8 Å². The van der Waals surface area contributed by atoms with Crippen molar-refractivity contribution in [1.82, 2.24) is 4.57 Å². The van der Waals surface area contributed by atoms with Crippen LogP contribution >= 0.6 is 0 Å². The van der Waals surface area contributed by atoms with Crippen LogP contribution in [0.15, 0.2) is 23.1 Å². The fourth-order valence-electron chi connectivity index (χ4n) is 1.45. The van der Waals surface area contributed by atoms with Gasteiger partial charge in [-0.2, -0.15) is 0 Å². The summed E-state index contributed by atoms with van der Waals surface area (Å²) in [7, 11) is 0. The molecule has 0 spiro atoms. The monoisotopic (exact) mass is 269 g/mol. The Labute approximate surface area is 111 Å². The highest BCUT2D eigenvalue weighted by Crippen LogP contribution is 2.01. The van der Waals surface area contributed by atoms with E-state index in [0.717, 1.165) is 0 Å². The predicted octanol–water partition coefficient (Wildman–Crippen LogP) is 0.827. The Hall–Kier alpha value is -1.82. The van der Waals surface area contributed by atoms with Gasteiger partial charge < -0.3 is 18.8 Å². The molecule has 19 heavy (non-hydrogen) atoms. The van der Waals surface area contributed by atoms with Crippen LogP contribution in [0.25, 0.3) is 0 Å². The molecule has 1 heterocycles. The van der Waals surface area contributed by atoms with Gasteiger partial charge in [-0.15, -0.1) is 0 Å². The standard InChI is InChI=1S/C13H19NO5/c1-3-17-8-9-19-12(15)10-14-7-5-6-11(13(14)16)18-4-2/h5-7H,3-4,8-10H2,1-2H3. The first-order valence-electron chi connectivity index (χ1n) is 6.24. The van der Waals surface area contributed by atoms with Gasteiger partial charge in [0, 0.05) is 12.8 Å². The third-order valence-corrected chi connectivity index (χ3v) is 2.28. The predicted molar refractivity (Wildman–Crippen MR) is 69.3 cm³/mol. The zero-order valence-electron chi connectivity index (χ0n) is 11.3. The van der Waals surface area contributed by atoms with Crippen LogP contribution in [0.3, 0.4) is 0 Å². The second kappa shape index (κ2) is 8.31. The topological polar surface area (TPSA) is 66.8 Å². The molecule has 0 bridgehead atoms. The van der Waals surface area contributed by atoms with E-state index < -0.39 is 5.97 Å². The fraction of sp³-hybridized carbons (Fsp3) is 0.538. The van der Waals surface area contributed by atoms with Gasteiger partial charge >= 0.3 is 5.97 Å². The smallest absolute Gasteiger partial charge is 0.326 e. The summed E-state index contributed by atoms with van der Waals surface area (Å²) in [6, 6.07) is 3.22. The first-order valence-corrected chi connectivity index (χ1v) is 6.24. The summed E-state index contributed by atoms with van der Waals surface area (Å²) >= 11 is 0. The van der Waals surface area contributed by atoms with Gasteiger partial charge in [-0.3, -0.25) is 9.59 Å². The number of aromatic nitrogens is 1. The number of esters is 1. The van der Waals surface area contributed by atoms with Crippen LogP contribution in [0.1, 0.15) is 13.8 Å². The van der Waals surface area contributed by atoms with E-state index in [1.807, 2.05) is 6.92 Å². The number of ether oxygens (including phenoxy) is 3. The van der Waals surface area contributed by atoms with E-state index in [2.05, 4.69) is 0 Å². The average molecular weight is 269 g/mol. The van der Waals surface area contributed by atoms with Crippen molar-refractivity contribution in [3.63, 3.8) is 0 Å². The van der Waals surface area contributed by atoms with Crippen LogP contribution in [0.5, 0.6) is 5.75 Å². The van der Waals surface area contributed by atoms with Crippen molar-refractivity contribution >= 4 is 5.97 Å². The Bertz CT molecular complexity index is 455. The molecule has 0 unspecified atom stereocenters. The van der Waals surface area contributed by atoms with Crippen LogP contribution < -0.4 is 10.3 Å². The van der Waals surface area contributed by atoms with E-state index in [1.54, 1.807) is 19.1 Å². The zero-order valence-corrected chi connectivity index (χ0v) is 11.3. The van der Waals surface area contributed by atoms with Crippen LogP contribution in [0, 0.1) is 0 Å². The summed E-state index contributed by atoms with van der Waals surface area (Å²) in [5.41, 5.74) is -0.342. The Morgan fingerprint density at radius 3 is 2.74 bits per heavy atom. The molecule has 106 valence electrons. The summed E-state index contributed by atoms with van der Waals surface area (Å²) in [5.74, 6) is -0.248. The highest BCUT2D eigenvalue weighted by Gasteiger charge is 2.08. The van der Waals surface area contributed by atoms with Crippen molar-refractivity contribution in [3.05, 3.63) is 28.7 Å². The molecule has 0 atom stereocenters. The summed E-state index contributed by atoms with van der Waals surface area (Å²) in [6.07, 6.45) is 1.52. The molecule has 0 aliphatic rings. The number of nitrogens with zero attached hydrogens (tertiary/aromatic N) is 1. The quantitative estimate of drug-likeness (QED) is 0.516. The first kappa shape index (κ1) is 15.2. The van der Waals surface area contributed by atoms with Crippen molar-refractivity contribution in [1.29, 1.82) is 0 Å². The summed E-state index contributed by atoms with van der Waals surface area (Å²) in [5, 5.41) is 0. The average Bonchev–Trinajstić information content (AvgIpc) is 2.40. The van der Waals surface area contributed by atoms with Crippen molar-refractivity contribution in [2.45, 2.75) is 20.4 Å². The molecule has 0 aromatic carbocycles. The lowest BCUT2D eigenvalue weighted by Gasteiger charge is -2.08. The maximum absolute atomic E-state index is 11.9. The Morgan fingerprint density at radius 1 is 1.26 bits per heavy atom. The lowest BCUT2D eigenvalue weighted by Crippen LogP contribution is -2.26. The van der Waals surface area contributed by atoms with E-state index in [1.165, 1.54) is 10.8 Å². The van der Waals surface area contributed by atoms with Gasteiger partial charge in [0.25, 0.3) is 5.56 Å². The number of hydrogen-bond acceptors (Lipinski definition) is 5. The van der Waals surface area contributed by atoms with Gasteiger partial charge in [-0.05, 0) is 26.0 Å². The highest BCUT2D eigenvalue weighted by atomic mass is 16.6. The second-order valence-corrected chi connectivity index (χ2v) is 3.66. The van der Waals surface area contributed by atoms with Gasteiger partial charge in [0.1, 0.15) is 13.2 Å². The summed E-state index contributed by atoms with van der Waals surface area (Å²) in [6.45, 7) is 5.04. The number of hydrogen-bond donors (Lipinski definition) is 0.